The van der Waals surface area contributed by atoms with Crippen molar-refractivity contribution >= 4 is 5.91 Å². The molecule has 0 bridgehead atoms. The van der Waals surface area contributed by atoms with E-state index in [0.717, 1.165) is 5.56 Å². The van der Waals surface area contributed by atoms with Crippen molar-refractivity contribution in [3.63, 3.8) is 0 Å². The van der Waals surface area contributed by atoms with Crippen molar-refractivity contribution in [2.45, 2.75) is 13.8 Å². The molecule has 1 aromatic rings. The number of carbonyl (C=O) groups is 1. The van der Waals surface area contributed by atoms with Crippen molar-refractivity contribution in [2.24, 2.45) is 0 Å². The van der Waals surface area contributed by atoms with E-state index in [-0.39, 0.29) is 11.7 Å². The molecule has 1 N–H and O–H groups in total. The molecule has 14 heavy (non-hydrogen) atoms. The van der Waals surface area contributed by atoms with Crippen LogP contribution in [0.3, 0.4) is 0 Å². The van der Waals surface area contributed by atoms with E-state index in [9.17, 15) is 9.90 Å². The Morgan fingerprint density at radius 1 is 1.50 bits per heavy atom. The molecule has 0 heterocycles. The fourth-order valence-corrected chi connectivity index (χ4v) is 1.24. The molecule has 0 radical (unpaired) electrons. The average Bonchev–Trinajstić information content (AvgIpc) is 2.15. The maximum Gasteiger partial charge on any atom is 0.253 e. The van der Waals surface area contributed by atoms with E-state index in [0.29, 0.717) is 12.1 Å². The molecule has 0 aromatic heterocycles. The predicted octanol–water partition coefficient (Wildman–Crippen LogP) is 1.79. The van der Waals surface area contributed by atoms with E-state index in [2.05, 4.69) is 0 Å². The lowest BCUT2D eigenvalue weighted by molar-refractivity contribution is 0.0801. The van der Waals surface area contributed by atoms with Crippen LogP contribution in [-0.2, 0) is 0 Å². The van der Waals surface area contributed by atoms with E-state index in [1.165, 1.54) is 6.07 Å². The Bertz CT molecular complexity index is 347. The fraction of sp³-hybridized carbons (Fsp3) is 0.364. The zero-order valence-corrected chi connectivity index (χ0v) is 8.74. The molecule has 0 spiro atoms. The summed E-state index contributed by atoms with van der Waals surface area (Å²) < 4.78 is 0. The third-order valence-corrected chi connectivity index (χ3v) is 2.26. The predicted molar refractivity (Wildman–Crippen MR) is 55.5 cm³/mol. The molecular formula is C11H15NO2. The molecule has 1 amide bonds. The fourth-order valence-electron chi connectivity index (χ4n) is 1.24. The van der Waals surface area contributed by atoms with Gasteiger partial charge in [0.25, 0.3) is 5.91 Å². The lowest BCUT2D eigenvalue weighted by atomic mass is 10.1. The number of hydrogen-bond acceptors (Lipinski definition) is 2. The quantitative estimate of drug-likeness (QED) is 0.778. The maximum atomic E-state index is 11.8. The first kappa shape index (κ1) is 10.6. The molecule has 0 aliphatic heterocycles. The number of hydrogen-bond donors (Lipinski definition) is 1. The second-order valence-electron chi connectivity index (χ2n) is 3.32. The van der Waals surface area contributed by atoms with Crippen molar-refractivity contribution in [2.75, 3.05) is 13.6 Å². The molecule has 3 heteroatoms. The summed E-state index contributed by atoms with van der Waals surface area (Å²) in [5, 5.41) is 9.19. The molecule has 1 rings (SSSR count). The minimum Gasteiger partial charge on any atom is -0.508 e. The van der Waals surface area contributed by atoms with Crippen LogP contribution in [0.25, 0.3) is 0 Å². The van der Waals surface area contributed by atoms with Crippen LogP contribution < -0.4 is 0 Å². The Kier molecular flexibility index (Phi) is 3.12. The van der Waals surface area contributed by atoms with Gasteiger partial charge in [-0.05, 0) is 37.6 Å². The number of phenols is 1. The van der Waals surface area contributed by atoms with Gasteiger partial charge >= 0.3 is 0 Å². The van der Waals surface area contributed by atoms with E-state index < -0.39 is 0 Å². The van der Waals surface area contributed by atoms with Gasteiger partial charge in [-0.25, -0.2) is 0 Å². The highest BCUT2D eigenvalue weighted by Crippen LogP contribution is 2.16. The number of benzene rings is 1. The summed E-state index contributed by atoms with van der Waals surface area (Å²) in [5.74, 6) is 0.184. The Morgan fingerprint density at radius 2 is 2.14 bits per heavy atom. The highest BCUT2D eigenvalue weighted by atomic mass is 16.3. The van der Waals surface area contributed by atoms with Crippen LogP contribution in [0.2, 0.25) is 0 Å². The zero-order chi connectivity index (χ0) is 10.7. The minimum atomic E-state index is -0.00926. The van der Waals surface area contributed by atoms with Crippen LogP contribution >= 0.6 is 0 Å². The molecule has 0 fully saturated rings. The van der Waals surface area contributed by atoms with Gasteiger partial charge in [0.2, 0.25) is 0 Å². The van der Waals surface area contributed by atoms with Crippen molar-refractivity contribution in [1.29, 1.82) is 0 Å². The highest BCUT2D eigenvalue weighted by molar-refractivity contribution is 5.95. The van der Waals surface area contributed by atoms with Crippen LogP contribution in [0.15, 0.2) is 18.2 Å². The maximum absolute atomic E-state index is 11.8. The third kappa shape index (κ3) is 2.05. The monoisotopic (exact) mass is 193 g/mol. The van der Waals surface area contributed by atoms with Gasteiger partial charge in [0.15, 0.2) is 0 Å². The van der Waals surface area contributed by atoms with Crippen molar-refractivity contribution < 1.29 is 9.90 Å². The molecule has 76 valence electrons. The standard InChI is InChI=1S/C11H15NO2/c1-4-12(3)11(14)10-6-5-9(13)7-8(10)2/h5-7,13H,4H2,1-3H3. The number of nitrogens with zero attached hydrogens (tertiary/aromatic N) is 1. The van der Waals surface area contributed by atoms with Gasteiger partial charge in [-0.3, -0.25) is 4.79 Å². The summed E-state index contributed by atoms with van der Waals surface area (Å²) in [4.78, 5) is 13.4. The molecule has 0 unspecified atom stereocenters. The van der Waals surface area contributed by atoms with E-state index in [1.54, 1.807) is 24.1 Å². The largest absolute Gasteiger partial charge is 0.508 e. The lowest BCUT2D eigenvalue weighted by Gasteiger charge is -2.15. The van der Waals surface area contributed by atoms with Crippen LogP contribution in [-0.4, -0.2) is 29.5 Å². The summed E-state index contributed by atoms with van der Waals surface area (Å²) in [6.45, 7) is 4.42. The number of carbonyl (C=O) groups excluding carboxylic acids is 1. The zero-order valence-electron chi connectivity index (χ0n) is 8.74. The minimum absolute atomic E-state index is 0.00926. The highest BCUT2D eigenvalue weighted by Gasteiger charge is 2.12. The van der Waals surface area contributed by atoms with Crippen LogP contribution in [0.5, 0.6) is 5.75 Å². The Morgan fingerprint density at radius 3 is 2.64 bits per heavy atom. The molecule has 0 atom stereocenters. The number of aromatic hydroxyl groups is 1. The summed E-state index contributed by atoms with van der Waals surface area (Å²) in [6, 6.07) is 4.78. The molecule has 0 saturated carbocycles. The van der Waals surface area contributed by atoms with Gasteiger partial charge in [0.1, 0.15) is 5.75 Å². The van der Waals surface area contributed by atoms with Gasteiger partial charge in [-0.15, -0.1) is 0 Å². The molecule has 0 saturated heterocycles. The topological polar surface area (TPSA) is 40.5 Å². The van der Waals surface area contributed by atoms with Crippen molar-refractivity contribution in [3.05, 3.63) is 29.3 Å². The first-order chi connectivity index (χ1) is 6.56. The Balaban J connectivity index is 3.02. The number of aryl methyl sites for hydroxylation is 1. The van der Waals surface area contributed by atoms with Gasteiger partial charge in [-0.2, -0.15) is 0 Å². The Hall–Kier alpha value is -1.51. The second-order valence-corrected chi connectivity index (χ2v) is 3.32. The lowest BCUT2D eigenvalue weighted by Crippen LogP contribution is -2.26. The van der Waals surface area contributed by atoms with Crippen LogP contribution in [0, 0.1) is 6.92 Å². The number of phenolic OH excluding ortho intramolecular Hbond substituents is 1. The average molecular weight is 193 g/mol. The van der Waals surface area contributed by atoms with E-state index in [1.807, 2.05) is 13.8 Å². The van der Waals surface area contributed by atoms with Gasteiger partial charge < -0.3 is 10.0 Å². The first-order valence-corrected chi connectivity index (χ1v) is 4.61. The molecule has 0 aliphatic rings. The number of rotatable bonds is 2. The summed E-state index contributed by atoms with van der Waals surface area (Å²) in [5.41, 5.74) is 1.45. The SMILES string of the molecule is CCN(C)C(=O)c1ccc(O)cc1C. The van der Waals surface area contributed by atoms with Gasteiger partial charge in [0, 0.05) is 19.2 Å². The summed E-state index contributed by atoms with van der Waals surface area (Å²) in [7, 11) is 1.76. The van der Waals surface area contributed by atoms with Crippen LogP contribution in [0.4, 0.5) is 0 Å². The molecule has 0 aliphatic carbocycles. The van der Waals surface area contributed by atoms with Crippen molar-refractivity contribution in [3.8, 4) is 5.75 Å². The normalized spacial score (nSPS) is 9.93. The van der Waals surface area contributed by atoms with E-state index in [4.69, 9.17) is 0 Å². The second kappa shape index (κ2) is 4.13. The molecule has 3 nitrogen and oxygen atoms in total. The van der Waals surface area contributed by atoms with Gasteiger partial charge in [0.05, 0.1) is 0 Å². The van der Waals surface area contributed by atoms with E-state index >= 15 is 0 Å². The summed E-state index contributed by atoms with van der Waals surface area (Å²) >= 11 is 0. The van der Waals surface area contributed by atoms with Gasteiger partial charge in [-0.1, -0.05) is 0 Å². The first-order valence-electron chi connectivity index (χ1n) is 4.61. The third-order valence-electron chi connectivity index (χ3n) is 2.26. The molecular weight excluding hydrogens is 178 g/mol. The van der Waals surface area contributed by atoms with Crippen LogP contribution in [0.1, 0.15) is 22.8 Å². The molecule has 1 aromatic carbocycles. The summed E-state index contributed by atoms with van der Waals surface area (Å²) in [6.07, 6.45) is 0. The van der Waals surface area contributed by atoms with Crippen molar-refractivity contribution in [1.82, 2.24) is 4.90 Å². The number of amides is 1. The Labute approximate surface area is 84.0 Å². The smallest absolute Gasteiger partial charge is 0.253 e.